The first-order chi connectivity index (χ1) is 22.8. The van der Waals surface area contributed by atoms with Crippen LogP contribution in [-0.2, 0) is 0 Å². The lowest BCUT2D eigenvalue weighted by Crippen LogP contribution is -1.96. The van der Waals surface area contributed by atoms with E-state index < -0.39 is 0 Å². The molecule has 5 nitrogen and oxygen atoms in total. The average molecular weight is 588 g/mol. The molecule has 0 aliphatic heterocycles. The molecular formula is C41H25N5. The normalized spacial score (nSPS) is 11.5. The van der Waals surface area contributed by atoms with Gasteiger partial charge >= 0.3 is 0 Å². The molecule has 9 rings (SSSR count). The summed E-state index contributed by atoms with van der Waals surface area (Å²) in [5.41, 5.74) is 9.98. The van der Waals surface area contributed by atoms with Gasteiger partial charge in [-0.1, -0.05) is 78.9 Å². The van der Waals surface area contributed by atoms with E-state index in [2.05, 4.69) is 101 Å². The maximum absolute atomic E-state index is 5.40. The molecule has 46 heavy (non-hydrogen) atoms. The van der Waals surface area contributed by atoms with Crippen molar-refractivity contribution in [2.45, 2.75) is 0 Å². The van der Waals surface area contributed by atoms with Gasteiger partial charge < -0.3 is 0 Å². The summed E-state index contributed by atoms with van der Waals surface area (Å²) < 4.78 is 0. The number of fused-ring (bicyclic) bond motifs is 5. The van der Waals surface area contributed by atoms with E-state index in [-0.39, 0.29) is 0 Å². The van der Waals surface area contributed by atoms with E-state index in [1.165, 1.54) is 10.8 Å². The molecule has 0 amide bonds. The monoisotopic (exact) mass is 587 g/mol. The summed E-state index contributed by atoms with van der Waals surface area (Å²) >= 11 is 0. The Morgan fingerprint density at radius 3 is 1.70 bits per heavy atom. The Hall–Kier alpha value is -6.33. The van der Waals surface area contributed by atoms with Crippen molar-refractivity contribution in [3.8, 4) is 45.2 Å². The summed E-state index contributed by atoms with van der Waals surface area (Å²) in [5.74, 6) is 0. The van der Waals surface area contributed by atoms with Crippen LogP contribution in [0.5, 0.6) is 0 Å². The van der Waals surface area contributed by atoms with Crippen molar-refractivity contribution in [2.75, 3.05) is 0 Å². The van der Waals surface area contributed by atoms with Crippen LogP contribution in [0.1, 0.15) is 0 Å². The third kappa shape index (κ3) is 4.37. The molecule has 0 aliphatic carbocycles. The highest BCUT2D eigenvalue weighted by Crippen LogP contribution is 2.39. The smallest absolute Gasteiger partial charge is 0.0979 e. The van der Waals surface area contributed by atoms with Crippen molar-refractivity contribution in [1.29, 1.82) is 0 Å². The third-order valence-corrected chi connectivity index (χ3v) is 8.53. The van der Waals surface area contributed by atoms with Crippen LogP contribution in [0.25, 0.3) is 88.6 Å². The van der Waals surface area contributed by atoms with Gasteiger partial charge in [0.2, 0.25) is 0 Å². The van der Waals surface area contributed by atoms with Gasteiger partial charge in [0, 0.05) is 39.7 Å². The standard InChI is InChI=1S/C41H25N5/c1-2-10-26(11-3-1)38-30-13-5-4-12-27(30)24-28-16-19-33(44-39(28)38)32-25-29-17-20-36(34-14-6-8-22-42-34)45-40(29)41-31(32)18-21-37(46-41)35-15-7-9-23-43-35/h1-25H. The highest BCUT2D eigenvalue weighted by molar-refractivity contribution is 6.13. The molecular weight excluding hydrogens is 562 g/mol. The van der Waals surface area contributed by atoms with Gasteiger partial charge in [-0.3, -0.25) is 9.97 Å². The minimum absolute atomic E-state index is 0.792. The summed E-state index contributed by atoms with van der Waals surface area (Å²) in [4.78, 5) is 24.8. The summed E-state index contributed by atoms with van der Waals surface area (Å²) in [7, 11) is 0. The summed E-state index contributed by atoms with van der Waals surface area (Å²) in [6.07, 6.45) is 3.58. The van der Waals surface area contributed by atoms with Crippen LogP contribution < -0.4 is 0 Å². The number of rotatable bonds is 4. The Labute approximate surface area is 264 Å². The molecule has 0 saturated carbocycles. The molecule has 0 N–H and O–H groups in total. The molecule has 0 fully saturated rings. The summed E-state index contributed by atoms with van der Waals surface area (Å²) in [6.45, 7) is 0. The molecule has 214 valence electrons. The molecule has 5 heteroatoms. The molecule has 5 aromatic heterocycles. The number of pyridine rings is 5. The molecule has 0 atom stereocenters. The van der Waals surface area contributed by atoms with Gasteiger partial charge in [0.25, 0.3) is 0 Å². The summed E-state index contributed by atoms with van der Waals surface area (Å²) in [6, 6.07) is 47.8. The van der Waals surface area contributed by atoms with Gasteiger partial charge in [-0.2, -0.15) is 0 Å². The molecule has 5 heterocycles. The minimum atomic E-state index is 0.792. The highest BCUT2D eigenvalue weighted by atomic mass is 14.8. The van der Waals surface area contributed by atoms with E-state index >= 15 is 0 Å². The summed E-state index contributed by atoms with van der Waals surface area (Å²) in [5, 5.41) is 5.44. The van der Waals surface area contributed by atoms with Crippen molar-refractivity contribution >= 4 is 43.5 Å². The number of benzene rings is 4. The quantitative estimate of drug-likeness (QED) is 0.151. The topological polar surface area (TPSA) is 64.5 Å². The van der Waals surface area contributed by atoms with E-state index in [1.54, 1.807) is 12.4 Å². The maximum Gasteiger partial charge on any atom is 0.0979 e. The molecule has 0 bridgehead atoms. The van der Waals surface area contributed by atoms with Gasteiger partial charge in [-0.05, 0) is 77.0 Å². The first kappa shape index (κ1) is 26.1. The lowest BCUT2D eigenvalue weighted by molar-refractivity contribution is 1.26. The second-order valence-corrected chi connectivity index (χ2v) is 11.3. The van der Waals surface area contributed by atoms with E-state index in [9.17, 15) is 0 Å². The van der Waals surface area contributed by atoms with Gasteiger partial charge in [0.1, 0.15) is 0 Å². The second kappa shape index (κ2) is 10.7. The Morgan fingerprint density at radius 2 is 0.957 bits per heavy atom. The first-order valence-electron chi connectivity index (χ1n) is 15.3. The van der Waals surface area contributed by atoms with Crippen LogP contribution in [0.4, 0.5) is 0 Å². The lowest BCUT2D eigenvalue weighted by atomic mass is 9.94. The lowest BCUT2D eigenvalue weighted by Gasteiger charge is -2.15. The molecule has 0 unspecified atom stereocenters. The van der Waals surface area contributed by atoms with Gasteiger partial charge in [-0.25, -0.2) is 15.0 Å². The fraction of sp³-hybridized carbons (Fsp3) is 0. The van der Waals surface area contributed by atoms with Crippen molar-refractivity contribution < 1.29 is 0 Å². The van der Waals surface area contributed by atoms with E-state index in [1.807, 2.05) is 48.5 Å². The predicted octanol–water partition coefficient (Wildman–Crippen LogP) is 9.94. The Morgan fingerprint density at radius 1 is 0.348 bits per heavy atom. The zero-order valence-corrected chi connectivity index (χ0v) is 24.7. The van der Waals surface area contributed by atoms with Crippen molar-refractivity contribution in [2.24, 2.45) is 0 Å². The number of nitrogens with zero attached hydrogens (tertiary/aromatic N) is 5. The van der Waals surface area contributed by atoms with Crippen LogP contribution in [0.2, 0.25) is 0 Å². The molecule has 0 saturated heterocycles. The minimum Gasteiger partial charge on any atom is -0.255 e. The van der Waals surface area contributed by atoms with Crippen LogP contribution in [-0.4, -0.2) is 24.9 Å². The number of aromatic nitrogens is 5. The van der Waals surface area contributed by atoms with Gasteiger partial charge in [-0.15, -0.1) is 0 Å². The van der Waals surface area contributed by atoms with Gasteiger partial charge in [0.05, 0.1) is 45.0 Å². The van der Waals surface area contributed by atoms with Crippen LogP contribution >= 0.6 is 0 Å². The van der Waals surface area contributed by atoms with Crippen molar-refractivity contribution in [3.05, 3.63) is 152 Å². The molecule has 0 aliphatic rings. The zero-order chi connectivity index (χ0) is 30.5. The maximum atomic E-state index is 5.40. The predicted molar refractivity (Wildman–Crippen MR) is 187 cm³/mol. The second-order valence-electron chi connectivity index (χ2n) is 11.3. The molecule has 9 aromatic rings. The van der Waals surface area contributed by atoms with Crippen LogP contribution in [0, 0.1) is 0 Å². The molecule has 0 spiro atoms. The highest BCUT2D eigenvalue weighted by Gasteiger charge is 2.17. The Kier molecular flexibility index (Phi) is 6.06. The number of hydrogen-bond acceptors (Lipinski definition) is 5. The fourth-order valence-electron chi connectivity index (χ4n) is 6.37. The third-order valence-electron chi connectivity index (χ3n) is 8.53. The zero-order valence-electron chi connectivity index (χ0n) is 24.7. The van der Waals surface area contributed by atoms with Crippen LogP contribution in [0.3, 0.4) is 0 Å². The van der Waals surface area contributed by atoms with Crippen molar-refractivity contribution in [3.63, 3.8) is 0 Å². The largest absolute Gasteiger partial charge is 0.255 e. The SMILES string of the molecule is c1ccc(-c2c3ccccc3cc3ccc(-c4cc5ccc(-c6ccccn6)nc5c5nc(-c6ccccn6)ccc45)nc23)cc1. The van der Waals surface area contributed by atoms with E-state index in [4.69, 9.17) is 15.0 Å². The molecule has 0 radical (unpaired) electrons. The van der Waals surface area contributed by atoms with Crippen LogP contribution in [0.15, 0.2) is 152 Å². The molecule has 4 aromatic carbocycles. The number of hydrogen-bond donors (Lipinski definition) is 0. The van der Waals surface area contributed by atoms with E-state index in [0.717, 1.165) is 77.9 Å². The fourth-order valence-corrected chi connectivity index (χ4v) is 6.37. The van der Waals surface area contributed by atoms with Gasteiger partial charge in [0.15, 0.2) is 0 Å². The Balaban J connectivity index is 1.33. The van der Waals surface area contributed by atoms with Crippen molar-refractivity contribution in [1.82, 2.24) is 24.9 Å². The Bertz CT molecular complexity index is 2570. The first-order valence-corrected chi connectivity index (χ1v) is 15.3. The average Bonchev–Trinajstić information content (AvgIpc) is 3.14. The van der Waals surface area contributed by atoms with E-state index in [0.29, 0.717) is 0 Å².